The van der Waals surface area contributed by atoms with E-state index in [9.17, 15) is 5.11 Å². The van der Waals surface area contributed by atoms with Crippen LogP contribution in [0.1, 0.15) is 68.1 Å². The Bertz CT molecular complexity index is 1450. The second kappa shape index (κ2) is 16.4. The average molecular weight is 696 g/mol. The lowest BCUT2D eigenvalue weighted by atomic mass is 9.78. The highest BCUT2D eigenvalue weighted by Gasteiger charge is 2.42. The van der Waals surface area contributed by atoms with Crippen molar-refractivity contribution < 1.29 is 47.7 Å². The van der Waals surface area contributed by atoms with E-state index in [1.54, 1.807) is 26.4 Å². The predicted octanol–water partition coefficient (Wildman–Crippen LogP) is 6.02. The summed E-state index contributed by atoms with van der Waals surface area (Å²) in [5.41, 5.74) is 0.643. The Hall–Kier alpha value is -3.26. The molecule has 0 amide bonds. The molecule has 1 N–H and O–H groups in total. The molecule has 274 valence electrons. The van der Waals surface area contributed by atoms with E-state index in [1.807, 2.05) is 67.5 Å². The van der Waals surface area contributed by atoms with Crippen LogP contribution in [0.3, 0.4) is 0 Å². The summed E-state index contributed by atoms with van der Waals surface area (Å²) in [7, 11) is 7.07. The molecular formula is C39H53NO10. The normalized spacial score (nSPS) is 18.3. The van der Waals surface area contributed by atoms with Gasteiger partial charge in [0.05, 0.1) is 26.4 Å². The first-order valence-corrected chi connectivity index (χ1v) is 16.9. The van der Waals surface area contributed by atoms with Crippen LogP contribution < -0.4 is 14.2 Å². The van der Waals surface area contributed by atoms with Gasteiger partial charge >= 0.3 is 0 Å². The first-order valence-electron chi connectivity index (χ1n) is 16.9. The number of rotatable bonds is 15. The third-order valence-electron chi connectivity index (χ3n) is 8.56. The van der Waals surface area contributed by atoms with Crippen LogP contribution in [0.15, 0.2) is 60.7 Å². The van der Waals surface area contributed by atoms with Crippen molar-refractivity contribution in [2.45, 2.75) is 45.9 Å². The first kappa shape index (κ1) is 38.0. The van der Waals surface area contributed by atoms with Crippen LogP contribution in [-0.2, 0) is 34.0 Å². The summed E-state index contributed by atoms with van der Waals surface area (Å²) < 4.78 is 53.8. The van der Waals surface area contributed by atoms with Gasteiger partial charge in [0.1, 0.15) is 29.5 Å². The van der Waals surface area contributed by atoms with Crippen LogP contribution in [0, 0.1) is 10.8 Å². The number of aliphatic hydroxyl groups is 1. The summed E-state index contributed by atoms with van der Waals surface area (Å²) in [6.07, 6.45) is -1.29. The summed E-state index contributed by atoms with van der Waals surface area (Å²) >= 11 is 0. The maximum Gasteiger partial charge on any atom is 0.188 e. The molecule has 2 heterocycles. The van der Waals surface area contributed by atoms with Crippen LogP contribution in [0.5, 0.6) is 17.2 Å². The number of benzene rings is 3. The smallest absolute Gasteiger partial charge is 0.188 e. The van der Waals surface area contributed by atoms with E-state index in [-0.39, 0.29) is 24.4 Å². The second-order valence-corrected chi connectivity index (χ2v) is 14.7. The van der Waals surface area contributed by atoms with Crippen LogP contribution in [-0.4, -0.2) is 91.5 Å². The molecular weight excluding hydrogens is 642 g/mol. The first-order chi connectivity index (χ1) is 23.8. The fourth-order valence-corrected chi connectivity index (χ4v) is 5.83. The summed E-state index contributed by atoms with van der Waals surface area (Å²) in [6.45, 7) is 11.5. The molecule has 0 saturated carbocycles. The Morgan fingerprint density at radius 3 is 1.62 bits per heavy atom. The van der Waals surface area contributed by atoms with Crippen LogP contribution in [0.25, 0.3) is 0 Å². The zero-order valence-corrected chi connectivity index (χ0v) is 30.7. The monoisotopic (exact) mass is 695 g/mol. The molecule has 0 spiro atoms. The van der Waals surface area contributed by atoms with Crippen molar-refractivity contribution in [2.75, 3.05) is 81.5 Å². The van der Waals surface area contributed by atoms with Gasteiger partial charge < -0.3 is 52.6 Å². The molecule has 0 bridgehead atoms. The fourth-order valence-electron chi connectivity index (χ4n) is 5.83. The van der Waals surface area contributed by atoms with Gasteiger partial charge in [-0.25, -0.2) is 0 Å². The Balaban J connectivity index is 1.71. The van der Waals surface area contributed by atoms with Gasteiger partial charge in [-0.15, -0.1) is 0 Å². The molecule has 2 fully saturated rings. The molecule has 5 rings (SSSR count). The van der Waals surface area contributed by atoms with E-state index < -0.39 is 18.2 Å². The van der Waals surface area contributed by atoms with E-state index in [4.69, 9.17) is 42.6 Å². The summed E-state index contributed by atoms with van der Waals surface area (Å²) in [4.78, 5) is 2.04. The number of likely N-dealkylation sites (N-methyl/N-ethyl adjacent to an activating group) is 1. The van der Waals surface area contributed by atoms with E-state index in [2.05, 4.69) is 27.7 Å². The lowest BCUT2D eigenvalue weighted by Crippen LogP contribution is -2.35. The van der Waals surface area contributed by atoms with Gasteiger partial charge in [-0.2, -0.15) is 0 Å². The molecule has 3 aromatic carbocycles. The zero-order chi connectivity index (χ0) is 35.9. The second-order valence-electron chi connectivity index (χ2n) is 14.7. The SMILES string of the molecule is COCOc1ccc(C2OCC(C)(C)CO2)cc1C(O)(c1cccc(OCCN(C)C)c1)c1cc(C2OCC(C)(C)CO2)ccc1OCOC. The molecule has 0 radical (unpaired) electrons. The minimum absolute atomic E-state index is 0.0483. The third-order valence-corrected chi connectivity index (χ3v) is 8.56. The lowest BCUT2D eigenvalue weighted by molar-refractivity contribution is -0.226. The van der Waals surface area contributed by atoms with E-state index in [0.717, 1.165) is 6.54 Å². The summed E-state index contributed by atoms with van der Waals surface area (Å²) in [5, 5.41) is 13.6. The average Bonchev–Trinajstić information content (AvgIpc) is 3.09. The number of nitrogens with zero attached hydrogens (tertiary/aromatic N) is 1. The Morgan fingerprint density at radius 2 is 1.18 bits per heavy atom. The van der Waals surface area contributed by atoms with Gasteiger partial charge in [-0.3, -0.25) is 0 Å². The molecule has 50 heavy (non-hydrogen) atoms. The number of hydrogen-bond donors (Lipinski definition) is 1. The van der Waals surface area contributed by atoms with Crippen molar-refractivity contribution >= 4 is 0 Å². The highest BCUT2D eigenvalue weighted by atomic mass is 16.7. The van der Waals surface area contributed by atoms with Crippen molar-refractivity contribution in [3.63, 3.8) is 0 Å². The van der Waals surface area contributed by atoms with Crippen molar-refractivity contribution in [3.8, 4) is 17.2 Å². The third kappa shape index (κ3) is 9.15. The lowest BCUT2D eigenvalue weighted by Gasteiger charge is -2.37. The van der Waals surface area contributed by atoms with Crippen LogP contribution in [0.2, 0.25) is 0 Å². The van der Waals surface area contributed by atoms with Crippen molar-refractivity contribution in [1.29, 1.82) is 0 Å². The van der Waals surface area contributed by atoms with Crippen molar-refractivity contribution in [2.24, 2.45) is 10.8 Å². The minimum atomic E-state index is -1.89. The predicted molar refractivity (Wildman–Crippen MR) is 187 cm³/mol. The topological polar surface area (TPSA) is 107 Å². The zero-order valence-electron chi connectivity index (χ0n) is 30.7. The largest absolute Gasteiger partial charge is 0.492 e. The number of hydrogen-bond acceptors (Lipinski definition) is 11. The van der Waals surface area contributed by atoms with E-state index in [1.165, 1.54) is 0 Å². The molecule has 0 atom stereocenters. The Kier molecular flexibility index (Phi) is 12.5. The molecule has 11 heteroatoms. The maximum atomic E-state index is 13.6. The molecule has 2 saturated heterocycles. The standard InChI is InChI=1S/C39H53NO10/c1-37(2)21-45-35(46-22-37)27-12-14-33(49-25-42-7)31(18-27)39(41,29-10-9-11-30(20-29)44-17-16-40(5)6)32-19-28(13-15-34(32)50-26-43-8)36-47-23-38(3,4)24-48-36/h9-15,18-20,35-36,41H,16-17,21-26H2,1-8H3. The summed E-state index contributed by atoms with van der Waals surface area (Å²) in [6, 6.07) is 18.5. The van der Waals surface area contributed by atoms with Crippen molar-refractivity contribution in [3.05, 3.63) is 88.5 Å². The Labute approximate surface area is 296 Å². The van der Waals surface area contributed by atoms with E-state index in [0.29, 0.717) is 78.1 Å². The number of ether oxygens (including phenoxy) is 9. The molecule has 0 aliphatic carbocycles. The van der Waals surface area contributed by atoms with E-state index >= 15 is 0 Å². The molecule has 2 aliphatic rings. The maximum absolute atomic E-state index is 13.6. The highest BCUT2D eigenvalue weighted by Crippen LogP contribution is 2.48. The molecule has 0 unspecified atom stereocenters. The van der Waals surface area contributed by atoms with Crippen molar-refractivity contribution in [1.82, 2.24) is 4.90 Å². The quantitative estimate of drug-likeness (QED) is 0.149. The van der Waals surface area contributed by atoms with Gasteiger partial charge in [0.25, 0.3) is 0 Å². The molecule has 3 aromatic rings. The summed E-state index contributed by atoms with van der Waals surface area (Å²) in [5.74, 6) is 1.38. The molecule has 2 aliphatic heterocycles. The van der Waals surface area contributed by atoms with Gasteiger partial charge in [0, 0.05) is 53.8 Å². The Morgan fingerprint density at radius 1 is 0.700 bits per heavy atom. The van der Waals surface area contributed by atoms with Gasteiger partial charge in [-0.05, 0) is 56.1 Å². The minimum Gasteiger partial charge on any atom is -0.492 e. The van der Waals surface area contributed by atoms with Crippen LogP contribution in [0.4, 0.5) is 0 Å². The van der Waals surface area contributed by atoms with Gasteiger partial charge in [0.15, 0.2) is 26.2 Å². The van der Waals surface area contributed by atoms with Crippen LogP contribution >= 0.6 is 0 Å². The molecule has 11 nitrogen and oxygen atoms in total. The highest BCUT2D eigenvalue weighted by molar-refractivity contribution is 5.59. The fraction of sp³-hybridized carbons (Fsp3) is 0.538. The number of methoxy groups -OCH3 is 2. The van der Waals surface area contributed by atoms with Gasteiger partial charge in [-0.1, -0.05) is 52.0 Å². The molecule has 0 aromatic heterocycles. The van der Waals surface area contributed by atoms with Gasteiger partial charge in [0.2, 0.25) is 0 Å².